The zero-order valence-corrected chi connectivity index (χ0v) is 13.1. The zero-order valence-electron chi connectivity index (χ0n) is 13.1. The van der Waals surface area contributed by atoms with E-state index in [1.165, 1.54) is 12.4 Å². The highest BCUT2D eigenvalue weighted by molar-refractivity contribution is 5.99. The molecule has 0 aliphatic carbocycles. The molecule has 1 heterocycles. The lowest BCUT2D eigenvalue weighted by molar-refractivity contribution is 0.0846. The molecule has 0 fully saturated rings. The molecule has 0 saturated heterocycles. The van der Waals surface area contributed by atoms with E-state index >= 15 is 0 Å². The lowest BCUT2D eigenvalue weighted by Crippen LogP contribution is -2.41. The summed E-state index contributed by atoms with van der Waals surface area (Å²) in [6, 6.07) is 9.93. The fourth-order valence-electron chi connectivity index (χ4n) is 1.79. The van der Waals surface area contributed by atoms with Crippen molar-refractivity contribution < 1.29 is 14.3 Å². The predicted molar refractivity (Wildman–Crippen MR) is 86.0 cm³/mol. The number of ether oxygens (including phenoxy) is 1. The van der Waals surface area contributed by atoms with Gasteiger partial charge in [-0.25, -0.2) is 0 Å². The average molecular weight is 313 g/mol. The number of hydrazine groups is 1. The first-order valence-electron chi connectivity index (χ1n) is 7.37. The van der Waals surface area contributed by atoms with Gasteiger partial charge in [0.05, 0.1) is 6.10 Å². The van der Waals surface area contributed by atoms with Crippen LogP contribution in [-0.4, -0.2) is 22.9 Å². The molecule has 1 aromatic carbocycles. The van der Waals surface area contributed by atoms with Crippen molar-refractivity contribution >= 4 is 11.8 Å². The first-order chi connectivity index (χ1) is 11.1. The third-order valence-electron chi connectivity index (χ3n) is 3.24. The van der Waals surface area contributed by atoms with Crippen LogP contribution in [0.1, 0.15) is 41.0 Å². The van der Waals surface area contributed by atoms with Gasteiger partial charge in [-0.2, -0.15) is 0 Å². The molecule has 0 unspecified atom stereocenters. The van der Waals surface area contributed by atoms with Crippen LogP contribution in [0.2, 0.25) is 0 Å². The second-order valence-corrected chi connectivity index (χ2v) is 5.01. The molecule has 6 nitrogen and oxygen atoms in total. The van der Waals surface area contributed by atoms with E-state index in [-0.39, 0.29) is 6.10 Å². The van der Waals surface area contributed by atoms with Crippen molar-refractivity contribution in [3.63, 3.8) is 0 Å². The molecule has 1 aromatic heterocycles. The highest BCUT2D eigenvalue weighted by Gasteiger charge is 2.10. The molecule has 23 heavy (non-hydrogen) atoms. The number of hydrogen-bond donors (Lipinski definition) is 2. The largest absolute Gasteiger partial charge is 0.491 e. The first-order valence-corrected chi connectivity index (χ1v) is 7.37. The Bertz CT molecular complexity index is 674. The topological polar surface area (TPSA) is 80.3 Å². The van der Waals surface area contributed by atoms with Crippen LogP contribution in [0.15, 0.2) is 48.8 Å². The highest BCUT2D eigenvalue weighted by Crippen LogP contribution is 2.15. The Hall–Kier alpha value is -2.89. The van der Waals surface area contributed by atoms with Crippen molar-refractivity contribution in [1.29, 1.82) is 0 Å². The minimum atomic E-state index is -0.415. The van der Waals surface area contributed by atoms with Crippen molar-refractivity contribution in [1.82, 2.24) is 15.8 Å². The molecular formula is C17H19N3O3. The maximum atomic E-state index is 12.1. The van der Waals surface area contributed by atoms with Gasteiger partial charge in [-0.3, -0.25) is 25.4 Å². The van der Waals surface area contributed by atoms with Crippen LogP contribution in [-0.2, 0) is 0 Å². The van der Waals surface area contributed by atoms with Gasteiger partial charge in [0.1, 0.15) is 5.75 Å². The molecule has 0 bridgehead atoms. The van der Waals surface area contributed by atoms with E-state index in [9.17, 15) is 9.59 Å². The number of rotatable bonds is 5. The fraction of sp³-hybridized carbons (Fsp3) is 0.235. The number of carbonyl (C=O) groups is 2. The smallest absolute Gasteiger partial charge is 0.269 e. The Labute approximate surface area is 134 Å². The molecule has 2 amide bonds. The SMILES string of the molecule is CC[C@H](C)Oc1cccc(C(=O)NNC(=O)c2ccncc2)c1. The Morgan fingerprint density at radius 2 is 1.74 bits per heavy atom. The highest BCUT2D eigenvalue weighted by atomic mass is 16.5. The van der Waals surface area contributed by atoms with E-state index in [0.717, 1.165) is 6.42 Å². The number of benzene rings is 1. The van der Waals surface area contributed by atoms with E-state index in [2.05, 4.69) is 15.8 Å². The van der Waals surface area contributed by atoms with Crippen molar-refractivity contribution in [2.24, 2.45) is 0 Å². The normalized spacial score (nSPS) is 11.4. The summed E-state index contributed by atoms with van der Waals surface area (Å²) < 4.78 is 5.67. The first kappa shape index (κ1) is 16.5. The van der Waals surface area contributed by atoms with Gasteiger partial charge < -0.3 is 4.74 Å². The Kier molecular flexibility index (Phi) is 5.68. The van der Waals surface area contributed by atoms with Gasteiger partial charge in [0.2, 0.25) is 0 Å². The fourth-order valence-corrected chi connectivity index (χ4v) is 1.79. The molecule has 6 heteroatoms. The number of nitrogens with zero attached hydrogens (tertiary/aromatic N) is 1. The zero-order chi connectivity index (χ0) is 16.7. The molecule has 0 saturated carbocycles. The molecule has 0 radical (unpaired) electrons. The Balaban J connectivity index is 1.95. The summed E-state index contributed by atoms with van der Waals surface area (Å²) in [5.74, 6) is -0.206. The Morgan fingerprint density at radius 1 is 1.09 bits per heavy atom. The molecule has 2 N–H and O–H groups in total. The van der Waals surface area contributed by atoms with Gasteiger partial charge in [-0.15, -0.1) is 0 Å². The second-order valence-electron chi connectivity index (χ2n) is 5.01. The Morgan fingerprint density at radius 3 is 2.39 bits per heavy atom. The van der Waals surface area contributed by atoms with Crippen molar-refractivity contribution in [3.05, 3.63) is 59.9 Å². The molecule has 120 valence electrons. The van der Waals surface area contributed by atoms with Crippen LogP contribution >= 0.6 is 0 Å². The number of amides is 2. The number of hydrogen-bond acceptors (Lipinski definition) is 4. The predicted octanol–water partition coefficient (Wildman–Crippen LogP) is 2.33. The summed E-state index contributed by atoms with van der Waals surface area (Å²) in [4.78, 5) is 27.8. The minimum absolute atomic E-state index is 0.0692. The van der Waals surface area contributed by atoms with E-state index < -0.39 is 11.8 Å². The van der Waals surface area contributed by atoms with Crippen LogP contribution in [0.5, 0.6) is 5.75 Å². The van der Waals surface area contributed by atoms with Gasteiger partial charge in [-0.05, 0) is 43.7 Å². The summed E-state index contributed by atoms with van der Waals surface area (Å²) in [6.07, 6.45) is 3.96. The van der Waals surface area contributed by atoms with E-state index in [4.69, 9.17) is 4.74 Å². The maximum absolute atomic E-state index is 12.1. The van der Waals surface area contributed by atoms with E-state index in [0.29, 0.717) is 16.9 Å². The summed E-state index contributed by atoms with van der Waals surface area (Å²) in [5, 5.41) is 0. The maximum Gasteiger partial charge on any atom is 0.269 e. The third-order valence-corrected chi connectivity index (χ3v) is 3.24. The molecule has 2 aromatic rings. The summed E-state index contributed by atoms with van der Waals surface area (Å²) >= 11 is 0. The lowest BCUT2D eigenvalue weighted by Gasteiger charge is -2.13. The summed E-state index contributed by atoms with van der Waals surface area (Å²) in [5.41, 5.74) is 5.55. The standard InChI is InChI=1S/C17H19N3O3/c1-3-12(2)23-15-6-4-5-14(11-15)17(22)20-19-16(21)13-7-9-18-10-8-13/h4-12H,3H2,1-2H3,(H,19,21)(H,20,22)/t12-/m0/s1. The number of carbonyl (C=O) groups excluding carboxylic acids is 2. The van der Waals surface area contributed by atoms with Gasteiger partial charge in [0.15, 0.2) is 0 Å². The van der Waals surface area contributed by atoms with Crippen LogP contribution in [0.25, 0.3) is 0 Å². The average Bonchev–Trinajstić information content (AvgIpc) is 2.60. The second kappa shape index (κ2) is 7.93. The van der Waals surface area contributed by atoms with Crippen LogP contribution in [0.3, 0.4) is 0 Å². The van der Waals surface area contributed by atoms with Crippen molar-refractivity contribution in [3.8, 4) is 5.75 Å². The quantitative estimate of drug-likeness (QED) is 0.830. The molecular weight excluding hydrogens is 294 g/mol. The number of pyridine rings is 1. The summed E-state index contributed by atoms with van der Waals surface area (Å²) in [6.45, 7) is 3.98. The number of nitrogens with one attached hydrogen (secondary N) is 2. The molecule has 0 spiro atoms. The van der Waals surface area contributed by atoms with Crippen LogP contribution < -0.4 is 15.6 Å². The van der Waals surface area contributed by atoms with Crippen molar-refractivity contribution in [2.75, 3.05) is 0 Å². The van der Waals surface area contributed by atoms with Gasteiger partial charge in [0.25, 0.3) is 11.8 Å². The molecule has 0 aliphatic rings. The number of aromatic nitrogens is 1. The molecule has 2 rings (SSSR count). The van der Waals surface area contributed by atoms with Gasteiger partial charge in [-0.1, -0.05) is 13.0 Å². The van der Waals surface area contributed by atoms with Crippen LogP contribution in [0.4, 0.5) is 0 Å². The minimum Gasteiger partial charge on any atom is -0.491 e. The van der Waals surface area contributed by atoms with Gasteiger partial charge >= 0.3 is 0 Å². The summed E-state index contributed by atoms with van der Waals surface area (Å²) in [7, 11) is 0. The van der Waals surface area contributed by atoms with Gasteiger partial charge in [0, 0.05) is 23.5 Å². The molecule has 0 aliphatic heterocycles. The third kappa shape index (κ3) is 4.81. The van der Waals surface area contributed by atoms with E-state index in [1.807, 2.05) is 13.8 Å². The van der Waals surface area contributed by atoms with Crippen LogP contribution in [0, 0.1) is 0 Å². The van der Waals surface area contributed by atoms with E-state index in [1.54, 1.807) is 36.4 Å². The monoisotopic (exact) mass is 313 g/mol. The molecule has 1 atom stereocenters. The van der Waals surface area contributed by atoms with Crippen molar-refractivity contribution in [2.45, 2.75) is 26.4 Å². The lowest BCUT2D eigenvalue weighted by atomic mass is 10.2.